The van der Waals surface area contributed by atoms with Crippen LogP contribution in [0.3, 0.4) is 0 Å². The Balaban J connectivity index is 2.11. The van der Waals surface area contributed by atoms with Gasteiger partial charge in [-0.05, 0) is 52.9 Å². The van der Waals surface area contributed by atoms with E-state index in [9.17, 15) is 4.79 Å². The minimum atomic E-state index is -0.424. The molecule has 1 saturated heterocycles. The van der Waals surface area contributed by atoms with E-state index in [1.54, 1.807) is 0 Å². The van der Waals surface area contributed by atoms with E-state index in [1.165, 1.54) is 5.56 Å². The zero-order valence-corrected chi connectivity index (χ0v) is 17.6. The van der Waals surface area contributed by atoms with Gasteiger partial charge in [0.2, 0.25) is 5.91 Å². The predicted molar refractivity (Wildman–Crippen MR) is 107 cm³/mol. The van der Waals surface area contributed by atoms with Gasteiger partial charge < -0.3 is 14.6 Å². The van der Waals surface area contributed by atoms with E-state index in [2.05, 4.69) is 58.1 Å². The van der Waals surface area contributed by atoms with Crippen molar-refractivity contribution in [1.29, 1.82) is 0 Å². The number of rotatable bonds is 5. The molecule has 0 bridgehead atoms. The molecule has 1 unspecified atom stereocenters. The van der Waals surface area contributed by atoms with Crippen molar-refractivity contribution in [3.8, 4) is 0 Å². The summed E-state index contributed by atoms with van der Waals surface area (Å²) in [6.07, 6.45) is 1.50. The molecular formula is C21H34BNO3. The van der Waals surface area contributed by atoms with E-state index in [1.807, 2.05) is 26.8 Å². The minimum Gasteiger partial charge on any atom is -0.403 e. The molecule has 1 aromatic rings. The van der Waals surface area contributed by atoms with Gasteiger partial charge in [0.25, 0.3) is 0 Å². The molecule has 0 aromatic heterocycles. The van der Waals surface area contributed by atoms with E-state index in [4.69, 9.17) is 9.31 Å². The Hall–Kier alpha value is -1.33. The van der Waals surface area contributed by atoms with Crippen LogP contribution in [0.15, 0.2) is 24.3 Å². The molecule has 26 heavy (non-hydrogen) atoms. The Bertz CT molecular complexity index is 633. The minimum absolute atomic E-state index is 0.0536. The van der Waals surface area contributed by atoms with Crippen molar-refractivity contribution in [1.82, 2.24) is 5.32 Å². The number of benzene rings is 1. The lowest BCUT2D eigenvalue weighted by molar-refractivity contribution is -0.129. The fourth-order valence-electron chi connectivity index (χ4n) is 2.97. The second kappa shape index (κ2) is 7.36. The van der Waals surface area contributed by atoms with E-state index >= 15 is 0 Å². The molecule has 1 atom stereocenters. The van der Waals surface area contributed by atoms with E-state index in [-0.39, 0.29) is 30.3 Å². The Morgan fingerprint density at radius 1 is 1.15 bits per heavy atom. The summed E-state index contributed by atoms with van der Waals surface area (Å²) in [5, 5.41) is 3.22. The number of aryl methyl sites for hydroxylation is 1. The molecule has 4 nitrogen and oxygen atoms in total. The summed E-state index contributed by atoms with van der Waals surface area (Å²) < 4.78 is 12.2. The standard InChI is InChI=1S/C21H34BNO3/c1-15-10-9-11-16(14-15)17(23-18(24)19(2,3)4)12-13-22-25-20(5,6)21(7,8)26-22/h9-11,14,17H,12-13H2,1-8H3,(H,23,24). The van der Waals surface area contributed by atoms with Crippen LogP contribution in [-0.4, -0.2) is 24.2 Å². The van der Waals surface area contributed by atoms with Crippen molar-refractivity contribution in [2.45, 2.75) is 85.4 Å². The molecule has 0 spiro atoms. The quantitative estimate of drug-likeness (QED) is 0.777. The summed E-state index contributed by atoms with van der Waals surface area (Å²) in [5.41, 5.74) is 1.23. The van der Waals surface area contributed by atoms with Crippen LogP contribution in [-0.2, 0) is 14.1 Å². The molecule has 0 radical (unpaired) electrons. The lowest BCUT2D eigenvalue weighted by atomic mass is 9.80. The first-order valence-corrected chi connectivity index (χ1v) is 9.55. The molecule has 5 heteroatoms. The lowest BCUT2D eigenvalue weighted by Gasteiger charge is -2.32. The van der Waals surface area contributed by atoms with Crippen LogP contribution >= 0.6 is 0 Å². The number of carbonyl (C=O) groups excluding carboxylic acids is 1. The van der Waals surface area contributed by atoms with Crippen molar-refractivity contribution < 1.29 is 14.1 Å². The predicted octanol–water partition coefficient (Wildman–Crippen LogP) is 4.68. The Labute approximate surface area is 159 Å². The van der Waals surface area contributed by atoms with Gasteiger partial charge in [0.15, 0.2) is 0 Å². The molecular weight excluding hydrogens is 325 g/mol. The third-order valence-corrected chi connectivity index (χ3v) is 5.42. The lowest BCUT2D eigenvalue weighted by Crippen LogP contribution is -2.41. The monoisotopic (exact) mass is 359 g/mol. The normalized spacial score (nSPS) is 20.1. The average molecular weight is 359 g/mol. The summed E-state index contributed by atoms with van der Waals surface area (Å²) in [4.78, 5) is 12.6. The molecule has 1 aliphatic heterocycles. The van der Waals surface area contributed by atoms with Gasteiger partial charge in [0.1, 0.15) is 0 Å². The molecule has 0 saturated carbocycles. The van der Waals surface area contributed by atoms with Crippen LogP contribution in [0, 0.1) is 12.3 Å². The third-order valence-electron chi connectivity index (χ3n) is 5.42. The van der Waals surface area contributed by atoms with Gasteiger partial charge in [-0.1, -0.05) is 50.6 Å². The molecule has 2 rings (SSSR count). The van der Waals surface area contributed by atoms with Gasteiger partial charge in [-0.25, -0.2) is 0 Å². The maximum absolute atomic E-state index is 12.6. The van der Waals surface area contributed by atoms with Crippen molar-refractivity contribution in [2.24, 2.45) is 5.41 Å². The number of hydrogen-bond acceptors (Lipinski definition) is 3. The Morgan fingerprint density at radius 2 is 1.73 bits per heavy atom. The number of carbonyl (C=O) groups is 1. The molecule has 1 aromatic carbocycles. The van der Waals surface area contributed by atoms with E-state index < -0.39 is 5.41 Å². The van der Waals surface area contributed by atoms with E-state index in [0.29, 0.717) is 0 Å². The first-order chi connectivity index (χ1) is 11.8. The van der Waals surface area contributed by atoms with Crippen molar-refractivity contribution in [3.05, 3.63) is 35.4 Å². The third kappa shape index (κ3) is 4.89. The summed E-state index contributed by atoms with van der Waals surface area (Å²) in [6, 6.07) is 8.26. The first-order valence-electron chi connectivity index (χ1n) is 9.55. The molecule has 1 aliphatic rings. The highest BCUT2D eigenvalue weighted by Gasteiger charge is 2.50. The maximum atomic E-state index is 12.6. The van der Waals surface area contributed by atoms with Crippen LogP contribution in [0.2, 0.25) is 6.32 Å². The number of nitrogens with one attached hydrogen (secondary N) is 1. The molecule has 144 valence electrons. The van der Waals surface area contributed by atoms with Gasteiger partial charge in [-0.2, -0.15) is 0 Å². The highest BCUT2D eigenvalue weighted by Crippen LogP contribution is 2.38. The van der Waals surface area contributed by atoms with Crippen LogP contribution in [0.5, 0.6) is 0 Å². The summed E-state index contributed by atoms with van der Waals surface area (Å²) in [5.74, 6) is 0.0536. The van der Waals surface area contributed by atoms with Gasteiger partial charge in [-0.15, -0.1) is 0 Å². The van der Waals surface area contributed by atoms with Crippen molar-refractivity contribution in [3.63, 3.8) is 0 Å². The highest BCUT2D eigenvalue weighted by molar-refractivity contribution is 6.45. The molecule has 1 fully saturated rings. The molecule has 1 N–H and O–H groups in total. The highest BCUT2D eigenvalue weighted by atomic mass is 16.7. The Kier molecular flexibility index (Phi) is 5.94. The van der Waals surface area contributed by atoms with Gasteiger partial charge in [0.05, 0.1) is 17.2 Å². The SMILES string of the molecule is Cc1cccc(C(CCB2OC(C)(C)C(C)(C)O2)NC(=O)C(C)(C)C)c1. The van der Waals surface area contributed by atoms with Crippen LogP contribution in [0.25, 0.3) is 0 Å². The zero-order valence-electron chi connectivity index (χ0n) is 17.6. The number of amides is 1. The van der Waals surface area contributed by atoms with Crippen molar-refractivity contribution in [2.75, 3.05) is 0 Å². The second-order valence-corrected chi connectivity index (χ2v) is 9.45. The number of hydrogen-bond donors (Lipinski definition) is 1. The van der Waals surface area contributed by atoms with Crippen LogP contribution in [0.4, 0.5) is 0 Å². The van der Waals surface area contributed by atoms with E-state index in [0.717, 1.165) is 18.3 Å². The largest absolute Gasteiger partial charge is 0.457 e. The van der Waals surface area contributed by atoms with Gasteiger partial charge in [-0.3, -0.25) is 4.79 Å². The van der Waals surface area contributed by atoms with Gasteiger partial charge >= 0.3 is 7.12 Å². The fourth-order valence-corrected chi connectivity index (χ4v) is 2.97. The Morgan fingerprint density at radius 3 is 2.23 bits per heavy atom. The summed E-state index contributed by atoms with van der Waals surface area (Å²) in [7, 11) is -0.251. The summed E-state index contributed by atoms with van der Waals surface area (Å²) >= 11 is 0. The van der Waals surface area contributed by atoms with Crippen molar-refractivity contribution >= 4 is 13.0 Å². The first kappa shape index (κ1) is 21.0. The molecule has 1 amide bonds. The fraction of sp³-hybridized carbons (Fsp3) is 0.667. The molecule has 0 aliphatic carbocycles. The summed E-state index contributed by atoms with van der Waals surface area (Å²) in [6.45, 7) is 16.1. The topological polar surface area (TPSA) is 47.6 Å². The second-order valence-electron chi connectivity index (χ2n) is 9.45. The van der Waals surface area contributed by atoms with Crippen LogP contribution in [0.1, 0.15) is 72.1 Å². The maximum Gasteiger partial charge on any atom is 0.457 e. The average Bonchev–Trinajstić information content (AvgIpc) is 2.69. The zero-order chi connectivity index (χ0) is 19.8. The van der Waals surface area contributed by atoms with Crippen LogP contribution < -0.4 is 5.32 Å². The molecule has 1 heterocycles. The smallest absolute Gasteiger partial charge is 0.403 e. The van der Waals surface area contributed by atoms with Gasteiger partial charge in [0, 0.05) is 5.41 Å².